The maximum absolute atomic E-state index is 14.7. The van der Waals surface area contributed by atoms with Gasteiger partial charge in [0, 0.05) is 23.6 Å². The van der Waals surface area contributed by atoms with Crippen LogP contribution in [0.1, 0.15) is 21.6 Å². The van der Waals surface area contributed by atoms with Crippen LogP contribution in [0.5, 0.6) is 0 Å². The monoisotopic (exact) mass is 427 g/mol. The SMILES string of the molecule is CN1C(=O)C(NC(=O)c2n[nH]c3ccccc23)N=C(c2ccccc2F)c2ccccc21. The Morgan fingerprint density at radius 1 is 1.00 bits per heavy atom. The number of nitrogens with zero attached hydrogens (tertiary/aromatic N) is 3. The summed E-state index contributed by atoms with van der Waals surface area (Å²) in [5, 5.41) is 10.2. The number of amides is 2. The molecule has 1 aromatic heterocycles. The van der Waals surface area contributed by atoms with Crippen molar-refractivity contribution in [2.24, 2.45) is 4.99 Å². The number of halogens is 1. The van der Waals surface area contributed by atoms with E-state index >= 15 is 0 Å². The number of benzodiazepines with no additional fused rings is 1. The zero-order chi connectivity index (χ0) is 22.2. The number of H-pyrrole nitrogens is 1. The summed E-state index contributed by atoms with van der Waals surface area (Å²) in [6.07, 6.45) is -1.26. The number of aliphatic imine (C=N–C) groups is 1. The van der Waals surface area contributed by atoms with E-state index in [1.807, 2.05) is 6.07 Å². The molecule has 1 aliphatic rings. The second-order valence-electron chi connectivity index (χ2n) is 7.37. The van der Waals surface area contributed by atoms with Gasteiger partial charge in [-0.3, -0.25) is 14.7 Å². The Morgan fingerprint density at radius 2 is 1.69 bits per heavy atom. The van der Waals surface area contributed by atoms with Crippen LogP contribution in [0.3, 0.4) is 0 Å². The Hall–Kier alpha value is -4.33. The van der Waals surface area contributed by atoms with Crippen molar-refractivity contribution in [2.45, 2.75) is 6.17 Å². The van der Waals surface area contributed by atoms with Gasteiger partial charge in [-0.05, 0) is 24.3 Å². The molecule has 32 heavy (non-hydrogen) atoms. The summed E-state index contributed by atoms with van der Waals surface area (Å²) < 4.78 is 14.7. The first kappa shape index (κ1) is 19.6. The third kappa shape index (κ3) is 3.22. The molecule has 8 heteroatoms. The molecule has 2 amide bonds. The van der Waals surface area contributed by atoms with Crippen LogP contribution in [0.15, 0.2) is 77.8 Å². The van der Waals surface area contributed by atoms with Crippen LogP contribution in [0, 0.1) is 5.82 Å². The average molecular weight is 427 g/mol. The molecule has 5 rings (SSSR count). The van der Waals surface area contributed by atoms with Crippen LogP contribution in [0.25, 0.3) is 10.9 Å². The Morgan fingerprint density at radius 3 is 2.50 bits per heavy atom. The van der Waals surface area contributed by atoms with Crippen LogP contribution < -0.4 is 10.2 Å². The Kier molecular flexibility index (Phi) is 4.74. The van der Waals surface area contributed by atoms with E-state index < -0.39 is 23.8 Å². The number of nitrogens with one attached hydrogen (secondary N) is 2. The molecular formula is C24H18FN5O2. The quantitative estimate of drug-likeness (QED) is 0.526. The molecule has 2 heterocycles. The Balaban J connectivity index is 1.60. The smallest absolute Gasteiger partial charge is 0.274 e. The van der Waals surface area contributed by atoms with E-state index in [9.17, 15) is 14.0 Å². The lowest BCUT2D eigenvalue weighted by Gasteiger charge is -2.20. The summed E-state index contributed by atoms with van der Waals surface area (Å²) in [6.45, 7) is 0. The predicted molar refractivity (Wildman–Crippen MR) is 119 cm³/mol. The number of para-hydroxylation sites is 2. The van der Waals surface area contributed by atoms with Gasteiger partial charge in [0.25, 0.3) is 11.8 Å². The lowest BCUT2D eigenvalue weighted by atomic mass is 10.00. The molecule has 0 saturated carbocycles. The van der Waals surface area contributed by atoms with Crippen molar-refractivity contribution in [1.29, 1.82) is 0 Å². The van der Waals surface area contributed by atoms with Gasteiger partial charge in [-0.25, -0.2) is 9.38 Å². The molecule has 2 N–H and O–H groups in total. The molecule has 0 fully saturated rings. The molecule has 1 aliphatic heterocycles. The van der Waals surface area contributed by atoms with E-state index in [2.05, 4.69) is 20.5 Å². The van der Waals surface area contributed by atoms with Gasteiger partial charge in [0.15, 0.2) is 5.69 Å². The molecular weight excluding hydrogens is 409 g/mol. The molecule has 1 atom stereocenters. The number of rotatable bonds is 3. The summed E-state index contributed by atoms with van der Waals surface area (Å²) >= 11 is 0. The predicted octanol–water partition coefficient (Wildman–Crippen LogP) is 3.27. The van der Waals surface area contributed by atoms with Crippen molar-refractivity contribution < 1.29 is 14.0 Å². The highest BCUT2D eigenvalue weighted by molar-refractivity contribution is 6.20. The van der Waals surface area contributed by atoms with Gasteiger partial charge in [0.1, 0.15) is 5.82 Å². The van der Waals surface area contributed by atoms with Gasteiger partial charge in [-0.15, -0.1) is 0 Å². The fourth-order valence-corrected chi connectivity index (χ4v) is 3.81. The topological polar surface area (TPSA) is 90.5 Å². The Bertz CT molecular complexity index is 1390. The van der Waals surface area contributed by atoms with Crippen LogP contribution >= 0.6 is 0 Å². The number of benzene rings is 3. The summed E-state index contributed by atoms with van der Waals surface area (Å²) in [5.41, 5.74) is 2.54. The van der Waals surface area contributed by atoms with Crippen LogP contribution in [0.4, 0.5) is 10.1 Å². The number of carbonyl (C=O) groups is 2. The lowest BCUT2D eigenvalue weighted by Crippen LogP contribution is -2.46. The third-order valence-corrected chi connectivity index (χ3v) is 5.43. The zero-order valence-electron chi connectivity index (χ0n) is 17.0. The van der Waals surface area contributed by atoms with E-state index in [-0.39, 0.29) is 17.0 Å². The number of carbonyl (C=O) groups excluding carboxylic acids is 2. The van der Waals surface area contributed by atoms with Gasteiger partial charge in [0.2, 0.25) is 6.17 Å². The normalized spacial score (nSPS) is 15.8. The molecule has 0 spiro atoms. The van der Waals surface area contributed by atoms with Crippen molar-refractivity contribution in [2.75, 3.05) is 11.9 Å². The van der Waals surface area contributed by atoms with Gasteiger partial charge >= 0.3 is 0 Å². The van der Waals surface area contributed by atoms with Crippen molar-refractivity contribution in [1.82, 2.24) is 15.5 Å². The maximum Gasteiger partial charge on any atom is 0.274 e. The summed E-state index contributed by atoms with van der Waals surface area (Å²) in [5.74, 6) is -1.48. The summed E-state index contributed by atoms with van der Waals surface area (Å²) in [6, 6.07) is 20.5. The molecule has 0 saturated heterocycles. The molecule has 0 bridgehead atoms. The molecule has 1 unspecified atom stereocenters. The highest BCUT2D eigenvalue weighted by Gasteiger charge is 2.32. The first-order chi connectivity index (χ1) is 15.5. The van der Waals surface area contributed by atoms with E-state index in [0.717, 1.165) is 0 Å². The van der Waals surface area contributed by atoms with Crippen molar-refractivity contribution in [3.05, 3.63) is 95.4 Å². The van der Waals surface area contributed by atoms with E-state index in [4.69, 9.17) is 0 Å². The number of hydrogen-bond donors (Lipinski definition) is 2. The number of hydrogen-bond acceptors (Lipinski definition) is 4. The largest absolute Gasteiger partial charge is 0.321 e. The molecule has 7 nitrogen and oxygen atoms in total. The molecule has 3 aromatic carbocycles. The second kappa shape index (κ2) is 7.73. The van der Waals surface area contributed by atoms with Crippen molar-refractivity contribution >= 4 is 34.1 Å². The van der Waals surface area contributed by atoms with Gasteiger partial charge in [0.05, 0.1) is 16.9 Å². The van der Waals surface area contributed by atoms with Gasteiger partial charge in [-0.2, -0.15) is 5.10 Å². The number of anilines is 1. The summed E-state index contributed by atoms with van der Waals surface area (Å²) in [7, 11) is 1.60. The highest BCUT2D eigenvalue weighted by Crippen LogP contribution is 2.28. The minimum Gasteiger partial charge on any atom is -0.321 e. The van der Waals surface area contributed by atoms with E-state index in [1.54, 1.807) is 67.7 Å². The minimum absolute atomic E-state index is 0.153. The average Bonchev–Trinajstić information content (AvgIpc) is 3.22. The molecule has 0 aliphatic carbocycles. The standard InChI is InChI=1S/C24H18FN5O2/c1-30-19-13-7-4-10-16(19)20(14-8-2-5-11-17(14)25)26-22(24(30)32)27-23(31)21-15-9-3-6-12-18(15)28-29-21/h2-13,22H,1H3,(H,27,31)(H,28,29). The zero-order valence-corrected chi connectivity index (χ0v) is 17.0. The van der Waals surface area contributed by atoms with Crippen LogP contribution in [-0.2, 0) is 4.79 Å². The molecule has 4 aromatic rings. The maximum atomic E-state index is 14.7. The first-order valence-corrected chi connectivity index (χ1v) is 9.98. The highest BCUT2D eigenvalue weighted by atomic mass is 19.1. The second-order valence-corrected chi connectivity index (χ2v) is 7.37. The molecule has 0 radical (unpaired) electrons. The van der Waals surface area contributed by atoms with Crippen LogP contribution in [0.2, 0.25) is 0 Å². The van der Waals surface area contributed by atoms with Crippen molar-refractivity contribution in [3.63, 3.8) is 0 Å². The number of likely N-dealkylation sites (N-methyl/N-ethyl adjacent to an activating group) is 1. The van der Waals surface area contributed by atoms with Gasteiger partial charge in [-0.1, -0.05) is 48.5 Å². The molecule has 158 valence electrons. The number of aromatic amines is 1. The lowest BCUT2D eigenvalue weighted by molar-refractivity contribution is -0.119. The fraction of sp³-hybridized carbons (Fsp3) is 0.0833. The van der Waals surface area contributed by atoms with E-state index in [0.29, 0.717) is 22.2 Å². The first-order valence-electron chi connectivity index (χ1n) is 9.98. The van der Waals surface area contributed by atoms with Gasteiger partial charge < -0.3 is 10.2 Å². The van der Waals surface area contributed by atoms with Crippen molar-refractivity contribution in [3.8, 4) is 0 Å². The van der Waals surface area contributed by atoms with Crippen LogP contribution in [-0.4, -0.2) is 40.9 Å². The fourth-order valence-electron chi connectivity index (χ4n) is 3.81. The third-order valence-electron chi connectivity index (χ3n) is 5.43. The Labute approximate surface area is 182 Å². The van der Waals surface area contributed by atoms with E-state index in [1.165, 1.54) is 11.0 Å². The minimum atomic E-state index is -1.26. The number of fused-ring (bicyclic) bond motifs is 2. The summed E-state index contributed by atoms with van der Waals surface area (Å²) in [4.78, 5) is 32.2. The number of aromatic nitrogens is 2.